The highest BCUT2D eigenvalue weighted by Gasteiger charge is 2.38. The third-order valence-corrected chi connectivity index (χ3v) is 5.32. The molecule has 0 radical (unpaired) electrons. The van der Waals surface area contributed by atoms with Crippen LogP contribution in [0.25, 0.3) is 0 Å². The second-order valence-electron chi connectivity index (χ2n) is 7.43. The van der Waals surface area contributed by atoms with Crippen LogP contribution in [0.1, 0.15) is 68.6 Å². The maximum absolute atomic E-state index is 10.5. The highest BCUT2D eigenvalue weighted by molar-refractivity contribution is 5.57. The topological polar surface area (TPSA) is 80.9 Å². The molecule has 1 aromatic rings. The number of phenolic OH excluding ortho intramolecular Hbond substituents is 2. The predicted octanol–water partition coefficient (Wildman–Crippen LogP) is 3.71. The molecule has 0 spiro atoms. The van der Waals surface area contributed by atoms with Gasteiger partial charge in [-0.2, -0.15) is 0 Å². The number of aliphatic hydroxyl groups is 2. The van der Waals surface area contributed by atoms with Gasteiger partial charge in [0.05, 0.1) is 12.7 Å². The minimum Gasteiger partial charge on any atom is -0.504 e. The van der Waals surface area contributed by atoms with Crippen molar-refractivity contribution in [3.63, 3.8) is 0 Å². The van der Waals surface area contributed by atoms with Crippen LogP contribution in [0.15, 0.2) is 17.7 Å². The summed E-state index contributed by atoms with van der Waals surface area (Å²) < 4.78 is 0. The Morgan fingerprint density at radius 2 is 1.96 bits per heavy atom. The smallest absolute Gasteiger partial charge is 0.161 e. The van der Waals surface area contributed by atoms with E-state index in [1.54, 1.807) is 6.92 Å². The van der Waals surface area contributed by atoms with Gasteiger partial charge in [0.25, 0.3) is 0 Å². The van der Waals surface area contributed by atoms with Crippen molar-refractivity contribution >= 4 is 0 Å². The van der Waals surface area contributed by atoms with Crippen LogP contribution in [0, 0.1) is 12.8 Å². The number of allylic oxidation sites excluding steroid dienone is 2. The molecule has 4 N–H and O–H groups in total. The summed E-state index contributed by atoms with van der Waals surface area (Å²) >= 11 is 0. The fraction of sp³-hybridized carbons (Fsp3) is 0.600. The summed E-state index contributed by atoms with van der Waals surface area (Å²) in [6, 6.07) is 1.90. The summed E-state index contributed by atoms with van der Waals surface area (Å²) in [5, 5.41) is 40.6. The van der Waals surface area contributed by atoms with E-state index in [0.717, 1.165) is 18.4 Å². The van der Waals surface area contributed by atoms with Crippen LogP contribution in [-0.2, 0) is 0 Å². The maximum Gasteiger partial charge on any atom is 0.161 e. The third kappa shape index (κ3) is 3.60. The Balaban J connectivity index is 2.41. The molecule has 4 heteroatoms. The molecule has 0 aromatic heterocycles. The number of benzene rings is 1. The molecule has 24 heavy (non-hydrogen) atoms. The van der Waals surface area contributed by atoms with E-state index in [2.05, 4.69) is 26.8 Å². The quantitative estimate of drug-likeness (QED) is 0.489. The fourth-order valence-corrected chi connectivity index (χ4v) is 3.86. The minimum absolute atomic E-state index is 0.105. The first kappa shape index (κ1) is 18.8. The van der Waals surface area contributed by atoms with E-state index < -0.39 is 12.0 Å². The number of aromatic hydroxyl groups is 2. The van der Waals surface area contributed by atoms with Gasteiger partial charge in [0.15, 0.2) is 11.5 Å². The van der Waals surface area contributed by atoms with Gasteiger partial charge in [0, 0.05) is 11.5 Å². The normalized spacial score (nSPS) is 24.3. The van der Waals surface area contributed by atoms with Gasteiger partial charge in [-0.25, -0.2) is 0 Å². The third-order valence-electron chi connectivity index (χ3n) is 5.32. The molecule has 2 rings (SSSR count). The minimum atomic E-state index is -0.716. The van der Waals surface area contributed by atoms with Crippen molar-refractivity contribution in [3.05, 3.63) is 34.4 Å². The molecule has 4 atom stereocenters. The summed E-state index contributed by atoms with van der Waals surface area (Å²) in [5.74, 6) is -0.458. The van der Waals surface area contributed by atoms with Gasteiger partial charge in [0.2, 0.25) is 0 Å². The lowest BCUT2D eigenvalue weighted by Crippen LogP contribution is -2.32. The Labute approximate surface area is 144 Å². The lowest BCUT2D eigenvalue weighted by Gasteiger charge is -2.38. The SMILES string of the molecule is CC(C)=CCCC(C)C1CC(O)C(CO)c2c1cc(C)c(O)c2O. The van der Waals surface area contributed by atoms with Gasteiger partial charge < -0.3 is 20.4 Å². The van der Waals surface area contributed by atoms with Gasteiger partial charge >= 0.3 is 0 Å². The zero-order chi connectivity index (χ0) is 18.0. The molecule has 1 aromatic carbocycles. The van der Waals surface area contributed by atoms with Crippen molar-refractivity contribution < 1.29 is 20.4 Å². The summed E-state index contributed by atoms with van der Waals surface area (Å²) in [4.78, 5) is 0. The predicted molar refractivity (Wildman–Crippen MR) is 95.5 cm³/mol. The monoisotopic (exact) mass is 334 g/mol. The van der Waals surface area contributed by atoms with E-state index >= 15 is 0 Å². The van der Waals surface area contributed by atoms with E-state index in [-0.39, 0.29) is 24.0 Å². The van der Waals surface area contributed by atoms with Gasteiger partial charge in [-0.05, 0) is 63.0 Å². The molecule has 0 saturated heterocycles. The van der Waals surface area contributed by atoms with Crippen LogP contribution >= 0.6 is 0 Å². The fourth-order valence-electron chi connectivity index (χ4n) is 3.86. The molecule has 0 saturated carbocycles. The van der Waals surface area contributed by atoms with E-state index in [4.69, 9.17) is 0 Å². The average Bonchev–Trinajstić information content (AvgIpc) is 2.52. The summed E-state index contributed by atoms with van der Waals surface area (Å²) in [6.45, 7) is 7.85. The largest absolute Gasteiger partial charge is 0.504 e. The van der Waals surface area contributed by atoms with Crippen LogP contribution in [0.2, 0.25) is 0 Å². The molecule has 1 aliphatic rings. The maximum atomic E-state index is 10.5. The molecule has 4 unspecified atom stereocenters. The molecule has 0 aliphatic heterocycles. The molecule has 1 aliphatic carbocycles. The lowest BCUT2D eigenvalue weighted by atomic mass is 9.69. The zero-order valence-electron chi connectivity index (χ0n) is 15.1. The summed E-state index contributed by atoms with van der Waals surface area (Å²) in [6.07, 6.45) is 4.04. The second-order valence-corrected chi connectivity index (χ2v) is 7.43. The molecule has 0 amide bonds. The van der Waals surface area contributed by atoms with Crippen molar-refractivity contribution in [1.29, 1.82) is 0 Å². The number of phenols is 2. The Morgan fingerprint density at radius 1 is 1.29 bits per heavy atom. The van der Waals surface area contributed by atoms with Crippen LogP contribution in [0.4, 0.5) is 0 Å². The van der Waals surface area contributed by atoms with Gasteiger partial charge in [0.1, 0.15) is 0 Å². The van der Waals surface area contributed by atoms with E-state index in [1.165, 1.54) is 5.57 Å². The molecule has 0 fully saturated rings. The molecule has 134 valence electrons. The highest BCUT2D eigenvalue weighted by atomic mass is 16.3. The summed E-state index contributed by atoms with van der Waals surface area (Å²) in [7, 11) is 0. The number of hydrogen-bond acceptors (Lipinski definition) is 4. The van der Waals surface area contributed by atoms with Crippen LogP contribution < -0.4 is 0 Å². The van der Waals surface area contributed by atoms with Gasteiger partial charge in [-0.3, -0.25) is 0 Å². The van der Waals surface area contributed by atoms with Crippen LogP contribution in [-0.4, -0.2) is 33.1 Å². The number of aryl methyl sites for hydroxylation is 1. The van der Waals surface area contributed by atoms with Crippen molar-refractivity contribution in [2.75, 3.05) is 6.61 Å². The Bertz CT molecular complexity index is 617. The molecular formula is C20H30O4. The summed E-state index contributed by atoms with van der Waals surface area (Å²) in [5.41, 5.74) is 3.39. The molecule has 0 bridgehead atoms. The van der Waals surface area contributed by atoms with E-state index in [1.807, 2.05) is 6.07 Å². The van der Waals surface area contributed by atoms with Crippen LogP contribution in [0.5, 0.6) is 11.5 Å². The van der Waals surface area contributed by atoms with Crippen molar-refractivity contribution in [3.8, 4) is 11.5 Å². The number of rotatable bonds is 5. The number of fused-ring (bicyclic) bond motifs is 1. The van der Waals surface area contributed by atoms with E-state index in [0.29, 0.717) is 23.5 Å². The number of hydrogen-bond donors (Lipinski definition) is 4. The highest BCUT2D eigenvalue weighted by Crippen LogP contribution is 2.50. The standard InChI is InChI=1S/C20H30O4/c1-11(2)6-5-7-12(3)14-9-17(22)16(10-21)18-15(14)8-13(4)19(23)20(18)24/h6,8,12,14,16-17,21-24H,5,7,9-10H2,1-4H3. The Morgan fingerprint density at radius 3 is 2.54 bits per heavy atom. The first-order valence-electron chi connectivity index (χ1n) is 8.75. The molecule has 0 heterocycles. The Hall–Kier alpha value is -1.52. The van der Waals surface area contributed by atoms with Crippen molar-refractivity contribution in [2.24, 2.45) is 5.92 Å². The van der Waals surface area contributed by atoms with Crippen LogP contribution in [0.3, 0.4) is 0 Å². The molecular weight excluding hydrogens is 304 g/mol. The van der Waals surface area contributed by atoms with Gasteiger partial charge in [-0.1, -0.05) is 24.6 Å². The molecule has 4 nitrogen and oxygen atoms in total. The first-order chi connectivity index (χ1) is 11.3. The Kier molecular flexibility index (Phi) is 5.94. The van der Waals surface area contributed by atoms with Crippen molar-refractivity contribution in [1.82, 2.24) is 0 Å². The van der Waals surface area contributed by atoms with Gasteiger partial charge in [-0.15, -0.1) is 0 Å². The van der Waals surface area contributed by atoms with Crippen molar-refractivity contribution in [2.45, 2.75) is 64.9 Å². The first-order valence-corrected chi connectivity index (χ1v) is 8.75. The lowest BCUT2D eigenvalue weighted by molar-refractivity contribution is 0.0744. The average molecular weight is 334 g/mol. The van der Waals surface area contributed by atoms with E-state index in [9.17, 15) is 20.4 Å². The second kappa shape index (κ2) is 7.58. The zero-order valence-corrected chi connectivity index (χ0v) is 15.1. The number of aliphatic hydroxyl groups excluding tert-OH is 2.